The molecule has 1 unspecified atom stereocenters. The Morgan fingerprint density at radius 1 is 1.32 bits per heavy atom. The lowest BCUT2D eigenvalue weighted by Crippen LogP contribution is -2.57. The molecular weight excluding hydrogens is 342 g/mol. The minimum atomic E-state index is -3.86. The van der Waals surface area contributed by atoms with E-state index in [1.807, 2.05) is 6.92 Å². The van der Waals surface area contributed by atoms with Crippen molar-refractivity contribution in [3.8, 4) is 0 Å². The molecule has 1 aliphatic rings. The first kappa shape index (κ1) is 19.4. The van der Waals surface area contributed by atoms with Crippen LogP contribution in [0.15, 0.2) is 29.2 Å². The zero-order valence-electron chi connectivity index (χ0n) is 14.9. The first-order valence-electron chi connectivity index (χ1n) is 8.42. The Bertz CT molecular complexity index is 748. The summed E-state index contributed by atoms with van der Waals surface area (Å²) in [5.41, 5.74) is 0.272. The van der Waals surface area contributed by atoms with Crippen molar-refractivity contribution in [1.29, 1.82) is 0 Å². The van der Waals surface area contributed by atoms with E-state index in [1.54, 1.807) is 18.0 Å². The largest absolute Gasteiger partial charge is 0.355 e. The van der Waals surface area contributed by atoms with Crippen molar-refractivity contribution in [2.75, 3.05) is 27.2 Å². The molecule has 0 aliphatic carbocycles. The summed E-state index contributed by atoms with van der Waals surface area (Å²) in [4.78, 5) is 25.9. The van der Waals surface area contributed by atoms with Crippen LogP contribution >= 0.6 is 0 Å². The van der Waals surface area contributed by atoms with Gasteiger partial charge in [-0.1, -0.05) is 25.8 Å². The fourth-order valence-electron chi connectivity index (χ4n) is 2.92. The van der Waals surface area contributed by atoms with E-state index in [2.05, 4.69) is 5.32 Å². The van der Waals surface area contributed by atoms with Gasteiger partial charge in [-0.2, -0.15) is 4.31 Å². The third-order valence-electron chi connectivity index (χ3n) is 4.43. The van der Waals surface area contributed by atoms with Crippen LogP contribution in [0.4, 0.5) is 0 Å². The molecule has 7 nitrogen and oxygen atoms in total. The summed E-state index contributed by atoms with van der Waals surface area (Å²) >= 11 is 0. The average molecular weight is 367 g/mol. The van der Waals surface area contributed by atoms with Gasteiger partial charge in [0.05, 0.1) is 4.90 Å². The number of piperazine rings is 1. The molecule has 1 aromatic carbocycles. The first-order chi connectivity index (χ1) is 11.8. The zero-order valence-corrected chi connectivity index (χ0v) is 15.7. The summed E-state index contributed by atoms with van der Waals surface area (Å²) in [6.07, 6.45) is 2.15. The summed E-state index contributed by atoms with van der Waals surface area (Å²) in [5, 5.41) is 2.48. The Balaban J connectivity index is 2.39. The minimum Gasteiger partial charge on any atom is -0.355 e. The number of carbonyl (C=O) groups is 2. The molecule has 25 heavy (non-hydrogen) atoms. The third kappa shape index (κ3) is 4.01. The van der Waals surface area contributed by atoms with Crippen LogP contribution in [0.1, 0.15) is 36.5 Å². The van der Waals surface area contributed by atoms with Crippen molar-refractivity contribution in [2.24, 2.45) is 0 Å². The van der Waals surface area contributed by atoms with Crippen molar-refractivity contribution in [1.82, 2.24) is 14.5 Å². The molecule has 1 atom stereocenters. The summed E-state index contributed by atoms with van der Waals surface area (Å²) in [5.74, 6) is -0.528. The lowest BCUT2D eigenvalue weighted by molar-refractivity contribution is -0.137. The molecule has 0 bridgehead atoms. The molecule has 1 heterocycles. The second-order valence-corrected chi connectivity index (χ2v) is 8.03. The monoisotopic (exact) mass is 367 g/mol. The van der Waals surface area contributed by atoms with Gasteiger partial charge in [0.25, 0.3) is 5.91 Å². The molecule has 1 N–H and O–H groups in total. The van der Waals surface area contributed by atoms with E-state index in [1.165, 1.54) is 29.6 Å². The predicted octanol–water partition coefficient (Wildman–Crippen LogP) is 1.07. The number of hydrogen-bond acceptors (Lipinski definition) is 4. The highest BCUT2D eigenvalue weighted by molar-refractivity contribution is 7.89. The number of nitrogens with one attached hydrogen (secondary N) is 1. The fraction of sp³-hybridized carbons (Fsp3) is 0.529. The van der Waals surface area contributed by atoms with Crippen LogP contribution in [0.5, 0.6) is 0 Å². The van der Waals surface area contributed by atoms with Crippen LogP contribution in [0.3, 0.4) is 0 Å². The second kappa shape index (κ2) is 7.97. The molecule has 2 amide bonds. The van der Waals surface area contributed by atoms with Crippen molar-refractivity contribution < 1.29 is 18.0 Å². The van der Waals surface area contributed by atoms with Gasteiger partial charge in [-0.25, -0.2) is 8.42 Å². The van der Waals surface area contributed by atoms with Gasteiger partial charge < -0.3 is 10.2 Å². The number of benzene rings is 1. The second-order valence-electron chi connectivity index (χ2n) is 6.14. The smallest absolute Gasteiger partial charge is 0.251 e. The number of carbonyl (C=O) groups excluding carboxylic acids is 2. The number of amides is 2. The van der Waals surface area contributed by atoms with Crippen molar-refractivity contribution in [3.63, 3.8) is 0 Å². The molecule has 0 radical (unpaired) electrons. The van der Waals surface area contributed by atoms with E-state index in [0.717, 1.165) is 12.8 Å². The number of likely N-dealkylation sites (N-methyl/N-ethyl adjacent to an activating group) is 1. The quantitative estimate of drug-likeness (QED) is 0.815. The van der Waals surface area contributed by atoms with E-state index >= 15 is 0 Å². The van der Waals surface area contributed by atoms with E-state index in [9.17, 15) is 18.0 Å². The summed E-state index contributed by atoms with van der Waals surface area (Å²) in [6.45, 7) is 2.61. The van der Waals surface area contributed by atoms with Gasteiger partial charge in [0.15, 0.2) is 0 Å². The Hall–Kier alpha value is -1.93. The number of sulfonamides is 1. The number of hydrogen-bond donors (Lipinski definition) is 1. The van der Waals surface area contributed by atoms with E-state index < -0.39 is 16.1 Å². The van der Waals surface area contributed by atoms with Crippen molar-refractivity contribution in [2.45, 2.75) is 37.1 Å². The molecule has 1 fully saturated rings. The molecule has 2 rings (SSSR count). The van der Waals surface area contributed by atoms with Gasteiger partial charge in [-0.3, -0.25) is 9.59 Å². The van der Waals surface area contributed by atoms with Crippen LogP contribution in [-0.2, 0) is 14.8 Å². The predicted molar refractivity (Wildman–Crippen MR) is 94.7 cm³/mol. The van der Waals surface area contributed by atoms with Crippen LogP contribution in [0.25, 0.3) is 0 Å². The average Bonchev–Trinajstić information content (AvgIpc) is 2.62. The molecule has 8 heteroatoms. The Morgan fingerprint density at radius 2 is 2.04 bits per heavy atom. The first-order valence-corrected chi connectivity index (χ1v) is 9.86. The summed E-state index contributed by atoms with van der Waals surface area (Å²) < 4.78 is 27.5. The highest BCUT2D eigenvalue weighted by atomic mass is 32.2. The van der Waals surface area contributed by atoms with Gasteiger partial charge in [-0.05, 0) is 24.6 Å². The lowest BCUT2D eigenvalue weighted by atomic mass is 10.1. The molecule has 0 aromatic heterocycles. The molecule has 1 saturated heterocycles. The molecule has 1 aromatic rings. The summed E-state index contributed by atoms with van der Waals surface area (Å²) in [6, 6.07) is 5.22. The van der Waals surface area contributed by atoms with Gasteiger partial charge in [0, 0.05) is 32.7 Å². The molecule has 138 valence electrons. The Labute approximate surface area is 149 Å². The lowest BCUT2D eigenvalue weighted by Gasteiger charge is -2.38. The van der Waals surface area contributed by atoms with Crippen molar-refractivity contribution >= 4 is 21.8 Å². The maximum absolute atomic E-state index is 13.1. The highest BCUT2D eigenvalue weighted by Crippen LogP contribution is 2.25. The van der Waals surface area contributed by atoms with Crippen LogP contribution in [0.2, 0.25) is 0 Å². The van der Waals surface area contributed by atoms with Crippen LogP contribution < -0.4 is 5.32 Å². The number of unbranched alkanes of at least 4 members (excludes halogenated alkanes) is 1. The molecule has 0 spiro atoms. The van der Waals surface area contributed by atoms with E-state index in [4.69, 9.17) is 0 Å². The van der Waals surface area contributed by atoms with Crippen LogP contribution in [0, 0.1) is 0 Å². The maximum Gasteiger partial charge on any atom is 0.251 e. The van der Waals surface area contributed by atoms with Gasteiger partial charge >= 0.3 is 0 Å². The molecular formula is C17H25N3O4S. The number of nitrogens with zero attached hydrogens (tertiary/aromatic N) is 2. The van der Waals surface area contributed by atoms with Crippen LogP contribution in [-0.4, -0.2) is 62.7 Å². The Morgan fingerprint density at radius 3 is 2.68 bits per heavy atom. The normalized spacial score (nSPS) is 19.1. The van der Waals surface area contributed by atoms with E-state index in [0.29, 0.717) is 13.0 Å². The number of rotatable bonds is 6. The van der Waals surface area contributed by atoms with E-state index in [-0.39, 0.29) is 28.8 Å². The maximum atomic E-state index is 13.1. The van der Waals surface area contributed by atoms with Gasteiger partial charge in [-0.15, -0.1) is 0 Å². The fourth-order valence-corrected chi connectivity index (χ4v) is 4.57. The SMILES string of the molecule is CCCCC1C(=O)N(C)CCN1S(=O)(=O)c1cccc(C(=O)NC)c1. The standard InChI is InChI=1S/C17H25N3O4S/c1-4-5-9-15-17(22)19(3)10-11-20(15)25(23,24)14-8-6-7-13(12-14)16(21)18-2/h6-8,12,15H,4-5,9-11H2,1-3H3,(H,18,21). The van der Waals surface area contributed by atoms with Gasteiger partial charge in [0.2, 0.25) is 15.9 Å². The van der Waals surface area contributed by atoms with Crippen molar-refractivity contribution in [3.05, 3.63) is 29.8 Å². The summed E-state index contributed by atoms with van der Waals surface area (Å²) in [7, 11) is -0.675. The third-order valence-corrected chi connectivity index (χ3v) is 6.33. The Kier molecular flexibility index (Phi) is 6.18. The highest BCUT2D eigenvalue weighted by Gasteiger charge is 2.40. The molecule has 0 saturated carbocycles. The zero-order chi connectivity index (χ0) is 18.6. The van der Waals surface area contributed by atoms with Gasteiger partial charge in [0.1, 0.15) is 6.04 Å². The minimum absolute atomic E-state index is 0.0347. The topological polar surface area (TPSA) is 86.8 Å². The molecule has 1 aliphatic heterocycles.